The Bertz CT molecular complexity index is 845. The van der Waals surface area contributed by atoms with E-state index in [1.165, 1.54) is 12.1 Å². The second-order valence-corrected chi connectivity index (χ2v) is 6.92. The molecule has 0 amide bonds. The van der Waals surface area contributed by atoms with Crippen LogP contribution < -0.4 is 0 Å². The van der Waals surface area contributed by atoms with E-state index in [2.05, 4.69) is 4.18 Å². The first-order valence-corrected chi connectivity index (χ1v) is 8.42. The van der Waals surface area contributed by atoms with Gasteiger partial charge in [0.15, 0.2) is 0 Å². The van der Waals surface area contributed by atoms with E-state index in [-0.39, 0.29) is 10.5 Å². The number of halogens is 4. The van der Waals surface area contributed by atoms with Gasteiger partial charge in [0.25, 0.3) is 10.1 Å². The van der Waals surface area contributed by atoms with Crippen molar-refractivity contribution in [2.75, 3.05) is 6.61 Å². The SMILES string of the molecule is Cc1ccc(S(=O)(=O)OCC(O)c2ccc(F)c(C(F)(F)F)c2)cc1. The van der Waals surface area contributed by atoms with E-state index in [0.29, 0.717) is 12.1 Å². The molecule has 2 rings (SSSR count). The first-order valence-electron chi connectivity index (χ1n) is 7.01. The fraction of sp³-hybridized carbons (Fsp3) is 0.250. The molecule has 1 N–H and O–H groups in total. The van der Waals surface area contributed by atoms with Gasteiger partial charge in [0.1, 0.15) is 11.9 Å². The molecule has 4 nitrogen and oxygen atoms in total. The van der Waals surface area contributed by atoms with Crippen molar-refractivity contribution in [1.82, 2.24) is 0 Å². The van der Waals surface area contributed by atoms with E-state index < -0.39 is 40.4 Å². The molecule has 0 aromatic heterocycles. The van der Waals surface area contributed by atoms with Crippen LogP contribution in [0.2, 0.25) is 0 Å². The highest BCUT2D eigenvalue weighted by Crippen LogP contribution is 2.33. The molecule has 0 bridgehead atoms. The Labute approximate surface area is 141 Å². The normalized spacial score (nSPS) is 13.7. The highest BCUT2D eigenvalue weighted by atomic mass is 32.2. The molecule has 25 heavy (non-hydrogen) atoms. The largest absolute Gasteiger partial charge is 0.419 e. The molecule has 0 spiro atoms. The first-order chi connectivity index (χ1) is 11.5. The van der Waals surface area contributed by atoms with E-state index in [1.54, 1.807) is 19.1 Å². The molecule has 1 unspecified atom stereocenters. The maximum atomic E-state index is 13.2. The predicted octanol–water partition coefficient (Wildman–Crippen LogP) is 3.59. The third kappa shape index (κ3) is 4.77. The average molecular weight is 378 g/mol. The van der Waals surface area contributed by atoms with Crippen LogP contribution in [0.25, 0.3) is 0 Å². The molecular formula is C16H14F4O4S. The number of aryl methyl sites for hydroxylation is 1. The summed E-state index contributed by atoms with van der Waals surface area (Å²) in [5, 5.41) is 9.88. The van der Waals surface area contributed by atoms with Crippen LogP contribution in [0.3, 0.4) is 0 Å². The summed E-state index contributed by atoms with van der Waals surface area (Å²) in [5.74, 6) is -1.49. The smallest absolute Gasteiger partial charge is 0.386 e. The summed E-state index contributed by atoms with van der Waals surface area (Å²) in [6.07, 6.45) is -6.61. The van der Waals surface area contributed by atoms with Crippen LogP contribution in [0.4, 0.5) is 17.6 Å². The van der Waals surface area contributed by atoms with Crippen LogP contribution in [-0.4, -0.2) is 20.1 Å². The Morgan fingerprint density at radius 1 is 1.12 bits per heavy atom. The summed E-state index contributed by atoms with van der Waals surface area (Å²) >= 11 is 0. The van der Waals surface area contributed by atoms with Gasteiger partial charge in [0.05, 0.1) is 17.1 Å². The van der Waals surface area contributed by atoms with Gasteiger partial charge in [0.2, 0.25) is 0 Å². The highest BCUT2D eigenvalue weighted by molar-refractivity contribution is 7.86. The van der Waals surface area contributed by atoms with Gasteiger partial charge in [-0.25, -0.2) is 4.39 Å². The van der Waals surface area contributed by atoms with E-state index in [0.717, 1.165) is 11.6 Å². The van der Waals surface area contributed by atoms with Gasteiger partial charge in [-0.05, 0) is 36.8 Å². The van der Waals surface area contributed by atoms with Gasteiger partial charge in [-0.2, -0.15) is 21.6 Å². The minimum atomic E-state index is -4.94. The van der Waals surface area contributed by atoms with E-state index >= 15 is 0 Å². The summed E-state index contributed by atoms with van der Waals surface area (Å²) in [6.45, 7) is 0.951. The van der Waals surface area contributed by atoms with Crippen molar-refractivity contribution in [3.8, 4) is 0 Å². The van der Waals surface area contributed by atoms with Crippen LogP contribution in [0.1, 0.15) is 22.8 Å². The summed E-state index contributed by atoms with van der Waals surface area (Å²) in [7, 11) is -4.18. The molecule has 2 aromatic carbocycles. The Hall–Kier alpha value is -1.97. The third-order valence-electron chi connectivity index (χ3n) is 3.37. The van der Waals surface area contributed by atoms with Gasteiger partial charge in [-0.3, -0.25) is 4.18 Å². The second-order valence-electron chi connectivity index (χ2n) is 5.30. The fourth-order valence-corrected chi connectivity index (χ4v) is 2.90. The van der Waals surface area contributed by atoms with Gasteiger partial charge < -0.3 is 5.11 Å². The summed E-state index contributed by atoms with van der Waals surface area (Å²) < 4.78 is 79.9. The zero-order chi connectivity index (χ0) is 18.8. The number of benzene rings is 2. The predicted molar refractivity (Wildman–Crippen MR) is 80.7 cm³/mol. The minimum Gasteiger partial charge on any atom is -0.386 e. The molecule has 0 aliphatic heterocycles. The van der Waals surface area contributed by atoms with E-state index in [9.17, 15) is 31.1 Å². The number of aliphatic hydroxyl groups excluding tert-OH is 1. The van der Waals surface area contributed by atoms with Crippen LogP contribution in [0.5, 0.6) is 0 Å². The standard InChI is InChI=1S/C16H14F4O4S/c1-10-2-5-12(6-3-10)25(22,23)24-9-15(21)11-4-7-14(17)13(8-11)16(18,19)20/h2-8,15,21H,9H2,1H3. The summed E-state index contributed by atoms with van der Waals surface area (Å²) in [6, 6.07) is 7.59. The average Bonchev–Trinajstić information content (AvgIpc) is 2.52. The zero-order valence-corrected chi connectivity index (χ0v) is 13.7. The first kappa shape index (κ1) is 19.4. The molecular weight excluding hydrogens is 364 g/mol. The molecule has 0 heterocycles. The van der Waals surface area contributed by atoms with Gasteiger partial charge >= 0.3 is 6.18 Å². The Balaban J connectivity index is 2.15. The monoisotopic (exact) mass is 378 g/mol. The van der Waals surface area contributed by atoms with E-state index in [1.807, 2.05) is 0 Å². The van der Waals surface area contributed by atoms with Crippen molar-refractivity contribution in [3.63, 3.8) is 0 Å². The Morgan fingerprint density at radius 3 is 2.28 bits per heavy atom. The van der Waals surface area contributed by atoms with Crippen molar-refractivity contribution in [1.29, 1.82) is 0 Å². The fourth-order valence-electron chi connectivity index (χ4n) is 1.99. The highest BCUT2D eigenvalue weighted by Gasteiger charge is 2.34. The molecule has 0 aliphatic carbocycles. The number of alkyl halides is 3. The van der Waals surface area contributed by atoms with Crippen LogP contribution in [0.15, 0.2) is 47.4 Å². The van der Waals surface area contributed by atoms with Crippen molar-refractivity contribution in [2.24, 2.45) is 0 Å². The molecule has 136 valence electrons. The topological polar surface area (TPSA) is 63.6 Å². The maximum absolute atomic E-state index is 13.2. The molecule has 2 aromatic rings. The zero-order valence-electron chi connectivity index (χ0n) is 12.9. The lowest BCUT2D eigenvalue weighted by Crippen LogP contribution is -2.15. The third-order valence-corrected chi connectivity index (χ3v) is 4.67. The van der Waals surface area contributed by atoms with Gasteiger partial charge in [0, 0.05) is 0 Å². The Kier molecular flexibility index (Phi) is 5.50. The Morgan fingerprint density at radius 2 is 1.72 bits per heavy atom. The molecule has 9 heteroatoms. The summed E-state index contributed by atoms with van der Waals surface area (Å²) in [5.41, 5.74) is -1.04. The lowest BCUT2D eigenvalue weighted by Gasteiger charge is -2.14. The quantitative estimate of drug-likeness (QED) is 0.638. The minimum absolute atomic E-state index is 0.152. The summed E-state index contributed by atoms with van der Waals surface area (Å²) in [4.78, 5) is -0.152. The van der Waals surface area contributed by atoms with Crippen LogP contribution in [0, 0.1) is 12.7 Å². The molecule has 0 fully saturated rings. The van der Waals surface area contributed by atoms with Crippen LogP contribution >= 0.6 is 0 Å². The van der Waals surface area contributed by atoms with Crippen molar-refractivity contribution < 1.29 is 35.3 Å². The van der Waals surface area contributed by atoms with Gasteiger partial charge in [-0.1, -0.05) is 23.8 Å². The van der Waals surface area contributed by atoms with Crippen molar-refractivity contribution >= 4 is 10.1 Å². The van der Waals surface area contributed by atoms with Gasteiger partial charge in [-0.15, -0.1) is 0 Å². The van der Waals surface area contributed by atoms with Crippen molar-refractivity contribution in [2.45, 2.75) is 24.1 Å². The number of hydrogen-bond donors (Lipinski definition) is 1. The number of aliphatic hydroxyl groups is 1. The number of hydrogen-bond acceptors (Lipinski definition) is 4. The molecule has 0 aliphatic rings. The molecule has 0 radical (unpaired) electrons. The van der Waals surface area contributed by atoms with Crippen LogP contribution in [-0.2, 0) is 20.5 Å². The lowest BCUT2D eigenvalue weighted by atomic mass is 10.1. The maximum Gasteiger partial charge on any atom is 0.419 e. The molecule has 1 atom stereocenters. The van der Waals surface area contributed by atoms with E-state index in [4.69, 9.17) is 0 Å². The second kappa shape index (κ2) is 7.11. The van der Waals surface area contributed by atoms with Crippen molar-refractivity contribution in [3.05, 3.63) is 65.0 Å². The lowest BCUT2D eigenvalue weighted by molar-refractivity contribution is -0.140. The number of rotatable bonds is 5. The molecule has 0 saturated heterocycles. The molecule has 0 saturated carbocycles.